The standard InChI is InChI=1S/C24H23N5O3S/c1-16-8-10-19(11-9-16)29-22(18-6-3-5-17(2)13-18)27-28-24(29)33-15-21(30)26-23(31)25-14-20-7-4-12-32-20/h3-13H,14-15H2,1-2H3,(H2,25,26,30,31). The van der Waals surface area contributed by atoms with Crippen molar-refractivity contribution in [3.8, 4) is 17.1 Å². The van der Waals surface area contributed by atoms with Gasteiger partial charge in [0.2, 0.25) is 5.91 Å². The number of hydrogen-bond acceptors (Lipinski definition) is 6. The first-order valence-electron chi connectivity index (χ1n) is 10.3. The van der Waals surface area contributed by atoms with Crippen molar-refractivity contribution in [3.63, 3.8) is 0 Å². The number of imide groups is 1. The number of aromatic nitrogens is 3. The Morgan fingerprint density at radius 3 is 2.55 bits per heavy atom. The Morgan fingerprint density at radius 2 is 1.82 bits per heavy atom. The molecule has 4 aromatic rings. The molecule has 33 heavy (non-hydrogen) atoms. The zero-order chi connectivity index (χ0) is 23.2. The maximum Gasteiger partial charge on any atom is 0.321 e. The van der Waals surface area contributed by atoms with Crippen LogP contribution in [0.2, 0.25) is 0 Å². The molecule has 168 valence electrons. The smallest absolute Gasteiger partial charge is 0.321 e. The Kier molecular flexibility index (Phi) is 6.89. The van der Waals surface area contributed by atoms with E-state index in [1.165, 1.54) is 18.0 Å². The van der Waals surface area contributed by atoms with Gasteiger partial charge in [0.25, 0.3) is 0 Å². The number of hydrogen-bond donors (Lipinski definition) is 2. The van der Waals surface area contributed by atoms with Crippen LogP contribution >= 0.6 is 11.8 Å². The highest BCUT2D eigenvalue weighted by Gasteiger charge is 2.18. The lowest BCUT2D eigenvalue weighted by molar-refractivity contribution is -0.117. The highest BCUT2D eigenvalue weighted by molar-refractivity contribution is 7.99. The second-order valence-corrected chi connectivity index (χ2v) is 8.39. The van der Waals surface area contributed by atoms with Crippen LogP contribution in [0, 0.1) is 13.8 Å². The average molecular weight is 462 g/mol. The molecule has 2 aromatic heterocycles. The van der Waals surface area contributed by atoms with Crippen molar-refractivity contribution < 1.29 is 14.0 Å². The Morgan fingerprint density at radius 1 is 1.00 bits per heavy atom. The molecule has 0 bridgehead atoms. The maximum atomic E-state index is 12.3. The van der Waals surface area contributed by atoms with Crippen molar-refractivity contribution in [1.82, 2.24) is 25.4 Å². The summed E-state index contributed by atoms with van der Waals surface area (Å²) in [4.78, 5) is 24.3. The average Bonchev–Trinajstić information content (AvgIpc) is 3.47. The molecular weight excluding hydrogens is 438 g/mol. The fourth-order valence-corrected chi connectivity index (χ4v) is 3.93. The van der Waals surface area contributed by atoms with Gasteiger partial charge in [-0.1, -0.05) is 53.2 Å². The van der Waals surface area contributed by atoms with E-state index in [0.29, 0.717) is 16.7 Å². The molecule has 0 fully saturated rings. The van der Waals surface area contributed by atoms with Crippen LogP contribution in [0.5, 0.6) is 0 Å². The lowest BCUT2D eigenvalue weighted by Crippen LogP contribution is -2.39. The first-order valence-corrected chi connectivity index (χ1v) is 11.3. The fourth-order valence-electron chi connectivity index (χ4n) is 3.18. The van der Waals surface area contributed by atoms with Gasteiger partial charge in [-0.2, -0.15) is 0 Å². The van der Waals surface area contributed by atoms with Gasteiger partial charge in [-0.25, -0.2) is 4.79 Å². The van der Waals surface area contributed by atoms with Crippen molar-refractivity contribution in [1.29, 1.82) is 0 Å². The number of furan rings is 1. The van der Waals surface area contributed by atoms with E-state index in [0.717, 1.165) is 22.4 Å². The van der Waals surface area contributed by atoms with E-state index in [4.69, 9.17) is 4.42 Å². The molecule has 0 spiro atoms. The van der Waals surface area contributed by atoms with E-state index in [9.17, 15) is 9.59 Å². The minimum Gasteiger partial charge on any atom is -0.467 e. The second-order valence-electron chi connectivity index (χ2n) is 7.45. The van der Waals surface area contributed by atoms with Crippen LogP contribution in [0.15, 0.2) is 76.5 Å². The van der Waals surface area contributed by atoms with Crippen LogP contribution in [0.1, 0.15) is 16.9 Å². The number of amides is 3. The largest absolute Gasteiger partial charge is 0.467 e. The number of nitrogens with zero attached hydrogens (tertiary/aromatic N) is 3. The molecule has 4 rings (SSSR count). The molecule has 2 aromatic carbocycles. The molecule has 0 aliphatic carbocycles. The number of benzene rings is 2. The summed E-state index contributed by atoms with van der Waals surface area (Å²) in [5.41, 5.74) is 4.07. The number of carbonyl (C=O) groups excluding carboxylic acids is 2. The molecule has 8 nitrogen and oxygen atoms in total. The van der Waals surface area contributed by atoms with Crippen LogP contribution in [-0.4, -0.2) is 32.5 Å². The van der Waals surface area contributed by atoms with Crippen LogP contribution in [0.4, 0.5) is 4.79 Å². The number of rotatable bonds is 7. The highest BCUT2D eigenvalue weighted by atomic mass is 32.2. The predicted molar refractivity (Wildman–Crippen MR) is 126 cm³/mol. The maximum absolute atomic E-state index is 12.3. The molecule has 0 saturated heterocycles. The molecule has 2 N–H and O–H groups in total. The van der Waals surface area contributed by atoms with Crippen molar-refractivity contribution in [2.75, 3.05) is 5.75 Å². The topological polar surface area (TPSA) is 102 Å². The Bertz CT molecular complexity index is 1250. The van der Waals surface area contributed by atoms with Gasteiger partial charge in [0.05, 0.1) is 18.6 Å². The molecule has 2 heterocycles. The van der Waals surface area contributed by atoms with Gasteiger partial charge in [-0.05, 0) is 44.2 Å². The van der Waals surface area contributed by atoms with Crippen LogP contribution in [0.25, 0.3) is 17.1 Å². The molecule has 0 radical (unpaired) electrons. The summed E-state index contributed by atoms with van der Waals surface area (Å²) in [6.07, 6.45) is 1.52. The molecule has 3 amide bonds. The zero-order valence-corrected chi connectivity index (χ0v) is 19.1. The number of nitrogens with one attached hydrogen (secondary N) is 2. The van der Waals surface area contributed by atoms with Crippen LogP contribution in [0.3, 0.4) is 0 Å². The van der Waals surface area contributed by atoms with Crippen molar-refractivity contribution >= 4 is 23.7 Å². The predicted octanol–water partition coefficient (Wildman–Crippen LogP) is 4.26. The summed E-state index contributed by atoms with van der Waals surface area (Å²) in [6, 6.07) is 18.9. The number of aryl methyl sites for hydroxylation is 2. The Balaban J connectivity index is 1.48. The first-order chi connectivity index (χ1) is 16.0. The van der Waals surface area contributed by atoms with Gasteiger partial charge >= 0.3 is 6.03 Å². The minimum absolute atomic E-state index is 0.00594. The summed E-state index contributed by atoms with van der Waals surface area (Å²) in [6.45, 7) is 4.24. The van der Waals surface area contributed by atoms with Gasteiger partial charge in [-0.15, -0.1) is 10.2 Å². The van der Waals surface area contributed by atoms with Crippen LogP contribution in [-0.2, 0) is 11.3 Å². The third-order valence-electron chi connectivity index (χ3n) is 4.79. The highest BCUT2D eigenvalue weighted by Crippen LogP contribution is 2.28. The molecular formula is C24H23N5O3S. The van der Waals surface area contributed by atoms with E-state index in [1.54, 1.807) is 12.1 Å². The molecule has 0 aliphatic rings. The SMILES string of the molecule is Cc1ccc(-n2c(SCC(=O)NC(=O)NCc3ccco3)nnc2-c2cccc(C)c2)cc1. The summed E-state index contributed by atoms with van der Waals surface area (Å²) in [5.74, 6) is 0.849. The lowest BCUT2D eigenvalue weighted by Gasteiger charge is -2.11. The van der Waals surface area contributed by atoms with E-state index >= 15 is 0 Å². The third-order valence-corrected chi connectivity index (χ3v) is 5.72. The molecule has 0 atom stereocenters. The summed E-state index contributed by atoms with van der Waals surface area (Å²) in [7, 11) is 0. The van der Waals surface area contributed by atoms with Gasteiger partial charge in [0.15, 0.2) is 11.0 Å². The number of thioether (sulfide) groups is 1. The molecule has 0 saturated carbocycles. The third kappa shape index (κ3) is 5.69. The van der Waals surface area contributed by atoms with E-state index < -0.39 is 11.9 Å². The van der Waals surface area contributed by atoms with Crippen molar-refractivity contribution in [2.24, 2.45) is 0 Å². The number of carbonyl (C=O) groups is 2. The summed E-state index contributed by atoms with van der Waals surface area (Å²) < 4.78 is 7.07. The monoisotopic (exact) mass is 461 g/mol. The van der Waals surface area contributed by atoms with Gasteiger partial charge in [0.1, 0.15) is 5.76 Å². The quantitative estimate of drug-likeness (QED) is 0.399. The van der Waals surface area contributed by atoms with E-state index in [-0.39, 0.29) is 12.3 Å². The first kappa shape index (κ1) is 22.3. The lowest BCUT2D eigenvalue weighted by atomic mass is 10.1. The summed E-state index contributed by atoms with van der Waals surface area (Å²) in [5, 5.41) is 14.2. The second kappa shape index (κ2) is 10.2. The van der Waals surface area contributed by atoms with Crippen LogP contribution < -0.4 is 10.6 Å². The Labute approximate surface area is 195 Å². The van der Waals surface area contributed by atoms with Crippen molar-refractivity contribution in [2.45, 2.75) is 25.5 Å². The summed E-state index contributed by atoms with van der Waals surface area (Å²) >= 11 is 1.21. The van der Waals surface area contributed by atoms with Gasteiger partial charge < -0.3 is 9.73 Å². The molecule has 0 unspecified atom stereocenters. The zero-order valence-electron chi connectivity index (χ0n) is 18.2. The molecule has 0 aliphatic heterocycles. The molecule has 9 heteroatoms. The number of urea groups is 1. The Hall–Kier alpha value is -3.85. The van der Waals surface area contributed by atoms with Gasteiger partial charge in [0, 0.05) is 11.3 Å². The van der Waals surface area contributed by atoms with E-state index in [2.05, 4.69) is 20.8 Å². The normalized spacial score (nSPS) is 10.7. The minimum atomic E-state index is -0.586. The van der Waals surface area contributed by atoms with Gasteiger partial charge in [-0.3, -0.25) is 14.7 Å². The van der Waals surface area contributed by atoms with E-state index in [1.807, 2.05) is 66.9 Å². The fraction of sp³-hybridized carbons (Fsp3) is 0.167. The van der Waals surface area contributed by atoms with Crippen molar-refractivity contribution in [3.05, 3.63) is 83.8 Å².